The number of nitrogens with zero attached hydrogens (tertiary/aromatic N) is 1. The minimum atomic E-state index is 0.0842. The molecule has 0 saturated carbocycles. The molecule has 1 rings (SSSR count). The highest BCUT2D eigenvalue weighted by Crippen LogP contribution is 2.26. The summed E-state index contributed by atoms with van der Waals surface area (Å²) in [7, 11) is 3.86. The molecule has 0 fully saturated rings. The lowest BCUT2D eigenvalue weighted by molar-refractivity contribution is 0.107. The van der Waals surface area contributed by atoms with Crippen molar-refractivity contribution in [3.63, 3.8) is 0 Å². The van der Waals surface area contributed by atoms with Crippen molar-refractivity contribution < 1.29 is 4.74 Å². The third kappa shape index (κ3) is 3.03. The quantitative estimate of drug-likeness (QED) is 0.808. The van der Waals surface area contributed by atoms with Gasteiger partial charge in [0.15, 0.2) is 0 Å². The summed E-state index contributed by atoms with van der Waals surface area (Å²) in [5.74, 6) is 0.947. The van der Waals surface area contributed by atoms with Crippen LogP contribution in [0.4, 0.5) is 0 Å². The number of methoxy groups -OCH3 is 1. The van der Waals surface area contributed by atoms with E-state index in [1.165, 1.54) is 5.56 Å². The average molecular weight is 250 g/mol. The Labute approximate surface area is 111 Å². The van der Waals surface area contributed by atoms with Crippen LogP contribution in [-0.2, 0) is 6.54 Å². The first-order valence-electron chi connectivity index (χ1n) is 6.66. The van der Waals surface area contributed by atoms with E-state index in [1.807, 2.05) is 18.2 Å². The van der Waals surface area contributed by atoms with Crippen molar-refractivity contribution in [2.24, 2.45) is 5.73 Å². The van der Waals surface area contributed by atoms with Crippen LogP contribution < -0.4 is 10.5 Å². The van der Waals surface area contributed by atoms with E-state index in [-0.39, 0.29) is 5.54 Å². The molecule has 0 spiro atoms. The normalized spacial score (nSPS) is 11.9. The number of para-hydroxylation sites is 1. The minimum absolute atomic E-state index is 0.0842. The zero-order valence-corrected chi connectivity index (χ0v) is 12.1. The molecule has 0 aliphatic carbocycles. The Balaban J connectivity index is 2.89. The van der Waals surface area contributed by atoms with Crippen molar-refractivity contribution in [3.05, 3.63) is 29.8 Å². The first kappa shape index (κ1) is 15.0. The molecule has 0 amide bonds. The van der Waals surface area contributed by atoms with E-state index >= 15 is 0 Å². The summed E-state index contributed by atoms with van der Waals surface area (Å²) in [6, 6.07) is 8.17. The van der Waals surface area contributed by atoms with Crippen LogP contribution in [0.3, 0.4) is 0 Å². The predicted octanol–water partition coefficient (Wildman–Crippen LogP) is 2.64. The predicted molar refractivity (Wildman–Crippen MR) is 76.8 cm³/mol. The van der Waals surface area contributed by atoms with Crippen molar-refractivity contribution in [1.82, 2.24) is 4.90 Å². The molecule has 2 N–H and O–H groups in total. The fraction of sp³-hybridized carbons (Fsp3) is 0.600. The Morgan fingerprint density at radius 2 is 1.83 bits per heavy atom. The first-order chi connectivity index (χ1) is 8.63. The highest BCUT2D eigenvalue weighted by atomic mass is 16.5. The monoisotopic (exact) mass is 250 g/mol. The van der Waals surface area contributed by atoms with Crippen molar-refractivity contribution in [2.75, 3.05) is 20.7 Å². The van der Waals surface area contributed by atoms with Crippen LogP contribution in [0.15, 0.2) is 24.3 Å². The fourth-order valence-electron chi connectivity index (χ4n) is 2.49. The van der Waals surface area contributed by atoms with Crippen molar-refractivity contribution in [1.29, 1.82) is 0 Å². The molecule has 0 radical (unpaired) electrons. The zero-order chi connectivity index (χ0) is 13.6. The Morgan fingerprint density at radius 3 is 2.33 bits per heavy atom. The number of rotatable bonds is 7. The molecular formula is C15H26N2O. The molecular weight excluding hydrogens is 224 g/mol. The molecule has 0 aromatic heterocycles. The number of hydrogen-bond acceptors (Lipinski definition) is 3. The van der Waals surface area contributed by atoms with Gasteiger partial charge in [0.1, 0.15) is 5.75 Å². The molecule has 0 aliphatic heterocycles. The molecule has 0 heterocycles. The minimum Gasteiger partial charge on any atom is -0.496 e. The number of likely N-dealkylation sites (N-methyl/N-ethyl adjacent to an activating group) is 1. The zero-order valence-electron chi connectivity index (χ0n) is 12.1. The molecule has 18 heavy (non-hydrogen) atoms. The highest BCUT2D eigenvalue weighted by Gasteiger charge is 2.29. The van der Waals surface area contributed by atoms with Crippen molar-refractivity contribution in [2.45, 2.75) is 38.8 Å². The number of benzene rings is 1. The van der Waals surface area contributed by atoms with Gasteiger partial charge in [-0.15, -0.1) is 0 Å². The van der Waals surface area contributed by atoms with E-state index in [2.05, 4.69) is 31.9 Å². The summed E-state index contributed by atoms with van der Waals surface area (Å²) in [5.41, 5.74) is 7.28. The maximum Gasteiger partial charge on any atom is 0.123 e. The van der Waals surface area contributed by atoms with Crippen LogP contribution in [-0.4, -0.2) is 31.1 Å². The van der Waals surface area contributed by atoms with Crippen molar-refractivity contribution >= 4 is 0 Å². The summed E-state index contributed by atoms with van der Waals surface area (Å²) >= 11 is 0. The van der Waals surface area contributed by atoms with Crippen LogP contribution in [0.2, 0.25) is 0 Å². The Morgan fingerprint density at radius 1 is 1.22 bits per heavy atom. The van der Waals surface area contributed by atoms with Gasteiger partial charge < -0.3 is 10.5 Å². The highest BCUT2D eigenvalue weighted by molar-refractivity contribution is 5.33. The molecule has 102 valence electrons. The number of ether oxygens (including phenoxy) is 1. The van der Waals surface area contributed by atoms with Gasteiger partial charge >= 0.3 is 0 Å². The Hall–Kier alpha value is -1.06. The van der Waals surface area contributed by atoms with E-state index in [9.17, 15) is 0 Å². The maximum atomic E-state index is 5.98. The third-order valence-corrected chi connectivity index (χ3v) is 4.11. The number of hydrogen-bond donors (Lipinski definition) is 1. The van der Waals surface area contributed by atoms with E-state index in [0.29, 0.717) is 6.54 Å². The van der Waals surface area contributed by atoms with Crippen LogP contribution in [0, 0.1) is 0 Å². The van der Waals surface area contributed by atoms with Crippen LogP contribution in [0.1, 0.15) is 32.3 Å². The van der Waals surface area contributed by atoms with Gasteiger partial charge in [0.25, 0.3) is 0 Å². The Bertz CT molecular complexity index is 353. The lowest BCUT2D eigenvalue weighted by atomic mass is 9.90. The summed E-state index contributed by atoms with van der Waals surface area (Å²) in [4.78, 5) is 2.35. The summed E-state index contributed by atoms with van der Waals surface area (Å²) in [6.07, 6.45) is 2.12. The second-order valence-corrected chi connectivity index (χ2v) is 4.80. The van der Waals surface area contributed by atoms with Gasteiger partial charge in [-0.2, -0.15) is 0 Å². The summed E-state index contributed by atoms with van der Waals surface area (Å²) in [5, 5.41) is 0. The molecule has 0 atom stereocenters. The van der Waals surface area contributed by atoms with Crippen LogP contribution in [0.25, 0.3) is 0 Å². The van der Waals surface area contributed by atoms with E-state index in [4.69, 9.17) is 10.5 Å². The topological polar surface area (TPSA) is 38.5 Å². The lowest BCUT2D eigenvalue weighted by Crippen LogP contribution is -2.50. The number of nitrogens with two attached hydrogens (primary N) is 1. The first-order valence-corrected chi connectivity index (χ1v) is 6.66. The molecule has 3 nitrogen and oxygen atoms in total. The Kier molecular flexibility index (Phi) is 5.63. The largest absolute Gasteiger partial charge is 0.496 e. The third-order valence-electron chi connectivity index (χ3n) is 4.11. The standard InChI is InChI=1S/C15H26N2O/c1-5-15(6-2,12-16)17(3)11-13-9-7-8-10-14(13)18-4/h7-10H,5-6,11-12,16H2,1-4H3. The SMILES string of the molecule is CCC(CC)(CN)N(C)Cc1ccccc1OC. The molecule has 0 aliphatic rings. The van der Waals surface area contributed by atoms with Gasteiger partial charge in [-0.05, 0) is 26.0 Å². The average Bonchev–Trinajstić information content (AvgIpc) is 2.42. The smallest absolute Gasteiger partial charge is 0.123 e. The lowest BCUT2D eigenvalue weighted by Gasteiger charge is -2.40. The van der Waals surface area contributed by atoms with E-state index in [1.54, 1.807) is 7.11 Å². The van der Waals surface area contributed by atoms with Crippen LogP contribution in [0.5, 0.6) is 5.75 Å². The van der Waals surface area contributed by atoms with E-state index in [0.717, 1.165) is 25.1 Å². The van der Waals surface area contributed by atoms with Gasteiger partial charge in [-0.3, -0.25) is 4.90 Å². The molecule has 0 unspecified atom stereocenters. The van der Waals surface area contributed by atoms with Gasteiger partial charge in [0.05, 0.1) is 7.11 Å². The molecule has 3 heteroatoms. The van der Waals surface area contributed by atoms with Crippen molar-refractivity contribution in [3.8, 4) is 5.75 Å². The molecule has 1 aromatic rings. The molecule has 0 saturated heterocycles. The van der Waals surface area contributed by atoms with Gasteiger partial charge in [-0.25, -0.2) is 0 Å². The summed E-state index contributed by atoms with van der Waals surface area (Å²) < 4.78 is 5.40. The second-order valence-electron chi connectivity index (χ2n) is 4.80. The molecule has 0 bridgehead atoms. The summed E-state index contributed by atoms with van der Waals surface area (Å²) in [6.45, 7) is 5.96. The van der Waals surface area contributed by atoms with E-state index < -0.39 is 0 Å². The second kappa shape index (κ2) is 6.76. The fourth-order valence-corrected chi connectivity index (χ4v) is 2.49. The maximum absolute atomic E-state index is 5.98. The van der Waals surface area contributed by atoms with Gasteiger partial charge in [0, 0.05) is 24.2 Å². The van der Waals surface area contributed by atoms with Crippen LogP contribution >= 0.6 is 0 Å². The molecule has 1 aromatic carbocycles. The van der Waals surface area contributed by atoms with Gasteiger partial charge in [-0.1, -0.05) is 32.0 Å². The van der Waals surface area contributed by atoms with Gasteiger partial charge in [0.2, 0.25) is 0 Å².